The summed E-state index contributed by atoms with van der Waals surface area (Å²) in [5, 5.41) is 12.1. The van der Waals surface area contributed by atoms with Crippen LogP contribution in [0.5, 0.6) is 0 Å². The summed E-state index contributed by atoms with van der Waals surface area (Å²) in [7, 11) is 0. The van der Waals surface area contributed by atoms with Gasteiger partial charge in [-0.1, -0.05) is 5.16 Å². The molecule has 0 bridgehead atoms. The number of hydrogen-bond acceptors (Lipinski definition) is 4. The van der Waals surface area contributed by atoms with Crippen LogP contribution >= 0.6 is 0 Å². The highest BCUT2D eigenvalue weighted by atomic mass is 16.5. The number of carbonyl (C=O) groups is 2. The fourth-order valence-corrected chi connectivity index (χ4v) is 1.47. The van der Waals surface area contributed by atoms with Crippen LogP contribution in [0.2, 0.25) is 0 Å². The number of carboxylic acid groups (broad SMARTS) is 1. The number of aliphatic carboxylic acids is 1. The van der Waals surface area contributed by atoms with E-state index in [9.17, 15) is 9.59 Å². The molecule has 0 radical (unpaired) electrons. The van der Waals surface area contributed by atoms with Crippen molar-refractivity contribution in [1.29, 1.82) is 0 Å². The van der Waals surface area contributed by atoms with Crippen LogP contribution in [0, 0.1) is 12.8 Å². The Bertz CT molecular complexity index is 406. The molecule has 1 aliphatic rings. The Morgan fingerprint density at radius 2 is 2.27 bits per heavy atom. The summed E-state index contributed by atoms with van der Waals surface area (Å²) in [5.74, 6) is -1.06. The lowest BCUT2D eigenvalue weighted by atomic mass is 9.99. The van der Waals surface area contributed by atoms with Gasteiger partial charge in [0.15, 0.2) is 0 Å². The second-order valence-electron chi connectivity index (χ2n) is 3.54. The van der Waals surface area contributed by atoms with E-state index in [-0.39, 0.29) is 19.0 Å². The molecular weight excluding hydrogens is 200 g/mol. The third-order valence-electron chi connectivity index (χ3n) is 2.50. The molecule has 0 aromatic carbocycles. The van der Waals surface area contributed by atoms with Gasteiger partial charge >= 0.3 is 5.97 Å². The molecule has 1 aromatic heterocycles. The van der Waals surface area contributed by atoms with Gasteiger partial charge in [-0.2, -0.15) is 0 Å². The molecule has 1 aliphatic heterocycles. The van der Waals surface area contributed by atoms with Gasteiger partial charge < -0.3 is 14.5 Å². The number of aromatic nitrogens is 1. The number of rotatable bonds is 2. The Morgan fingerprint density at radius 3 is 2.73 bits per heavy atom. The van der Waals surface area contributed by atoms with E-state index in [1.54, 1.807) is 6.92 Å². The fraction of sp³-hybridized carbons (Fsp3) is 0.444. The minimum absolute atomic E-state index is 0.216. The lowest BCUT2D eigenvalue weighted by Crippen LogP contribution is -2.53. The van der Waals surface area contributed by atoms with E-state index in [1.165, 1.54) is 11.1 Å². The van der Waals surface area contributed by atoms with E-state index < -0.39 is 11.9 Å². The van der Waals surface area contributed by atoms with Crippen LogP contribution in [-0.4, -0.2) is 40.1 Å². The van der Waals surface area contributed by atoms with Gasteiger partial charge in [0.05, 0.1) is 12.1 Å². The topological polar surface area (TPSA) is 83.6 Å². The largest absolute Gasteiger partial charge is 0.481 e. The average Bonchev–Trinajstić information content (AvgIpc) is 2.47. The van der Waals surface area contributed by atoms with Crippen molar-refractivity contribution in [3.05, 3.63) is 17.5 Å². The molecule has 0 spiro atoms. The molecule has 1 N–H and O–H groups in total. The predicted molar refractivity (Wildman–Crippen MR) is 48.3 cm³/mol. The Kier molecular flexibility index (Phi) is 2.18. The third kappa shape index (κ3) is 1.58. The number of carbonyl (C=O) groups excluding carboxylic acids is 1. The summed E-state index contributed by atoms with van der Waals surface area (Å²) in [5.41, 5.74) is 0.402. The molecule has 80 valence electrons. The maximum atomic E-state index is 11.7. The third-order valence-corrected chi connectivity index (χ3v) is 2.50. The van der Waals surface area contributed by atoms with Crippen molar-refractivity contribution in [3.8, 4) is 0 Å². The number of amides is 1. The van der Waals surface area contributed by atoms with Gasteiger partial charge in [0.2, 0.25) is 0 Å². The van der Waals surface area contributed by atoms with Crippen LogP contribution in [0.15, 0.2) is 10.7 Å². The summed E-state index contributed by atoms with van der Waals surface area (Å²) < 4.78 is 4.76. The van der Waals surface area contributed by atoms with E-state index in [4.69, 9.17) is 9.63 Å². The number of carboxylic acids is 1. The SMILES string of the molecule is Cc1oncc1C(=O)N1CC(C(=O)O)C1. The van der Waals surface area contributed by atoms with Gasteiger partial charge in [-0.3, -0.25) is 9.59 Å². The van der Waals surface area contributed by atoms with Crippen LogP contribution in [0.3, 0.4) is 0 Å². The van der Waals surface area contributed by atoms with E-state index in [2.05, 4.69) is 5.16 Å². The van der Waals surface area contributed by atoms with Crippen LogP contribution in [-0.2, 0) is 4.79 Å². The Hall–Kier alpha value is -1.85. The van der Waals surface area contributed by atoms with Crippen molar-refractivity contribution in [2.24, 2.45) is 5.92 Å². The first-order chi connectivity index (χ1) is 7.09. The lowest BCUT2D eigenvalue weighted by Gasteiger charge is -2.36. The van der Waals surface area contributed by atoms with Gasteiger partial charge in [-0.15, -0.1) is 0 Å². The fourth-order valence-electron chi connectivity index (χ4n) is 1.47. The van der Waals surface area contributed by atoms with E-state index in [0.29, 0.717) is 11.3 Å². The first-order valence-corrected chi connectivity index (χ1v) is 4.53. The molecule has 1 aromatic rings. The molecule has 2 rings (SSSR count). The van der Waals surface area contributed by atoms with Crippen LogP contribution < -0.4 is 0 Å². The minimum Gasteiger partial charge on any atom is -0.481 e. The molecule has 15 heavy (non-hydrogen) atoms. The number of likely N-dealkylation sites (tertiary alicyclic amines) is 1. The van der Waals surface area contributed by atoms with Crippen LogP contribution in [0.25, 0.3) is 0 Å². The maximum absolute atomic E-state index is 11.7. The molecule has 0 unspecified atom stereocenters. The summed E-state index contributed by atoms with van der Waals surface area (Å²) >= 11 is 0. The molecule has 1 saturated heterocycles. The Labute approximate surface area is 85.5 Å². The van der Waals surface area contributed by atoms with Crippen LogP contribution in [0.4, 0.5) is 0 Å². The van der Waals surface area contributed by atoms with Crippen LogP contribution in [0.1, 0.15) is 16.1 Å². The Balaban J connectivity index is 2.01. The zero-order valence-electron chi connectivity index (χ0n) is 8.14. The van der Waals surface area contributed by atoms with Gasteiger partial charge in [0.1, 0.15) is 11.3 Å². The van der Waals surface area contributed by atoms with Gasteiger partial charge in [0.25, 0.3) is 5.91 Å². The number of nitrogens with zero attached hydrogens (tertiary/aromatic N) is 2. The average molecular weight is 210 g/mol. The van der Waals surface area contributed by atoms with Gasteiger partial charge in [0, 0.05) is 13.1 Å². The highest BCUT2D eigenvalue weighted by molar-refractivity contribution is 5.96. The molecule has 0 atom stereocenters. The Morgan fingerprint density at radius 1 is 1.60 bits per heavy atom. The van der Waals surface area contributed by atoms with Crippen molar-refractivity contribution in [2.75, 3.05) is 13.1 Å². The quantitative estimate of drug-likeness (QED) is 0.750. The van der Waals surface area contributed by atoms with Crippen molar-refractivity contribution in [2.45, 2.75) is 6.92 Å². The van der Waals surface area contributed by atoms with Gasteiger partial charge in [-0.25, -0.2) is 0 Å². The molecule has 0 saturated carbocycles. The molecule has 6 heteroatoms. The van der Waals surface area contributed by atoms with Crippen molar-refractivity contribution in [1.82, 2.24) is 10.1 Å². The predicted octanol–water partition coefficient (Wildman–Crippen LogP) is 0.140. The van der Waals surface area contributed by atoms with Crippen molar-refractivity contribution < 1.29 is 19.2 Å². The highest BCUT2D eigenvalue weighted by Gasteiger charge is 2.36. The van der Waals surface area contributed by atoms with E-state index in [1.807, 2.05) is 0 Å². The standard InChI is InChI=1S/C9H10N2O4/c1-5-7(2-10-15-5)8(12)11-3-6(4-11)9(13)14/h2,6H,3-4H2,1H3,(H,13,14). The molecule has 6 nitrogen and oxygen atoms in total. The van der Waals surface area contributed by atoms with E-state index >= 15 is 0 Å². The molecule has 2 heterocycles. The van der Waals surface area contributed by atoms with E-state index in [0.717, 1.165) is 0 Å². The van der Waals surface area contributed by atoms with Crippen molar-refractivity contribution >= 4 is 11.9 Å². The number of hydrogen-bond donors (Lipinski definition) is 1. The zero-order valence-corrected chi connectivity index (χ0v) is 8.14. The minimum atomic E-state index is -0.860. The molecule has 1 fully saturated rings. The second kappa shape index (κ2) is 3.38. The maximum Gasteiger partial charge on any atom is 0.310 e. The first-order valence-electron chi connectivity index (χ1n) is 4.53. The normalized spacial score (nSPS) is 16.2. The smallest absolute Gasteiger partial charge is 0.310 e. The number of aryl methyl sites for hydroxylation is 1. The first kappa shape index (κ1) is 9.70. The molecule has 0 aliphatic carbocycles. The van der Waals surface area contributed by atoms with Gasteiger partial charge in [-0.05, 0) is 6.92 Å². The lowest BCUT2D eigenvalue weighted by molar-refractivity contribution is -0.146. The monoisotopic (exact) mass is 210 g/mol. The molecule has 1 amide bonds. The summed E-state index contributed by atoms with van der Waals surface area (Å²) in [4.78, 5) is 23.7. The van der Waals surface area contributed by atoms with Crippen molar-refractivity contribution in [3.63, 3.8) is 0 Å². The molecular formula is C9H10N2O4. The summed E-state index contributed by atoms with van der Waals surface area (Å²) in [6, 6.07) is 0. The summed E-state index contributed by atoms with van der Waals surface area (Å²) in [6.07, 6.45) is 1.35. The highest BCUT2D eigenvalue weighted by Crippen LogP contribution is 2.20. The summed E-state index contributed by atoms with van der Waals surface area (Å²) in [6.45, 7) is 2.17. The zero-order chi connectivity index (χ0) is 11.0. The second-order valence-corrected chi connectivity index (χ2v) is 3.54.